The molecule has 27 heavy (non-hydrogen) atoms. The van der Waals surface area contributed by atoms with Crippen LogP contribution in [0.5, 0.6) is 0 Å². The largest absolute Gasteiger partial charge is 0.478 e. The number of rotatable bonds is 4. The third-order valence-corrected chi connectivity index (χ3v) is 4.58. The van der Waals surface area contributed by atoms with Gasteiger partial charge in [0.05, 0.1) is 16.9 Å². The van der Waals surface area contributed by atoms with Gasteiger partial charge in [0.25, 0.3) is 0 Å². The van der Waals surface area contributed by atoms with Crippen molar-refractivity contribution in [1.82, 2.24) is 19.7 Å². The Kier molecular flexibility index (Phi) is 4.55. The van der Waals surface area contributed by atoms with Gasteiger partial charge in [-0.15, -0.1) is 0 Å². The lowest BCUT2D eigenvalue weighted by Crippen LogP contribution is -2.15. The number of benzene rings is 1. The zero-order valence-electron chi connectivity index (χ0n) is 14.5. The maximum Gasteiger partial charge on any atom is 0.337 e. The third kappa shape index (κ3) is 3.39. The summed E-state index contributed by atoms with van der Waals surface area (Å²) >= 11 is 0. The van der Waals surface area contributed by atoms with Crippen molar-refractivity contribution < 1.29 is 14.6 Å². The number of hydrogen-bond donors (Lipinski definition) is 2. The number of pyridine rings is 1. The summed E-state index contributed by atoms with van der Waals surface area (Å²) in [5.41, 5.74) is 0.727. The summed E-state index contributed by atoms with van der Waals surface area (Å²) in [5.74, 6) is 0.105. The number of aromatic carboxylic acids is 1. The molecule has 1 aliphatic rings. The molecule has 0 unspecified atom stereocenters. The van der Waals surface area contributed by atoms with Crippen molar-refractivity contribution in [1.29, 1.82) is 0 Å². The molecular weight excluding hydrogens is 348 g/mol. The van der Waals surface area contributed by atoms with Crippen molar-refractivity contribution in [3.8, 4) is 17.2 Å². The van der Waals surface area contributed by atoms with Crippen LogP contribution >= 0.6 is 0 Å². The molecule has 0 radical (unpaired) electrons. The minimum atomic E-state index is -1.05. The molecule has 0 spiro atoms. The number of para-hydroxylation sites is 1. The van der Waals surface area contributed by atoms with E-state index in [2.05, 4.69) is 15.1 Å². The van der Waals surface area contributed by atoms with E-state index in [1.165, 1.54) is 16.8 Å². The van der Waals surface area contributed by atoms with Gasteiger partial charge < -0.3 is 14.8 Å². The van der Waals surface area contributed by atoms with E-state index in [1.807, 2.05) is 0 Å². The Labute approximate surface area is 154 Å². The fourth-order valence-corrected chi connectivity index (χ4v) is 3.22. The molecule has 0 atom stereocenters. The minimum Gasteiger partial charge on any atom is -0.478 e. The van der Waals surface area contributed by atoms with Crippen molar-refractivity contribution in [3.05, 3.63) is 64.2 Å². The van der Waals surface area contributed by atoms with Crippen LogP contribution in [0.3, 0.4) is 0 Å². The summed E-state index contributed by atoms with van der Waals surface area (Å²) < 4.78 is 6.91. The maximum absolute atomic E-state index is 11.8. The van der Waals surface area contributed by atoms with Crippen LogP contribution in [0.25, 0.3) is 17.2 Å². The van der Waals surface area contributed by atoms with Gasteiger partial charge in [0.2, 0.25) is 5.56 Å². The van der Waals surface area contributed by atoms with E-state index in [0.717, 1.165) is 12.8 Å². The van der Waals surface area contributed by atoms with Crippen molar-refractivity contribution >= 4 is 5.97 Å². The monoisotopic (exact) mass is 366 g/mol. The molecule has 0 saturated carbocycles. The van der Waals surface area contributed by atoms with E-state index in [9.17, 15) is 14.7 Å². The minimum absolute atomic E-state index is 0.112. The average molecular weight is 366 g/mol. The number of carbonyl (C=O) groups is 1. The second kappa shape index (κ2) is 7.16. The number of aromatic nitrogens is 4. The average Bonchev–Trinajstić information content (AvgIpc) is 3.14. The molecule has 1 fully saturated rings. The van der Waals surface area contributed by atoms with E-state index in [1.54, 1.807) is 30.3 Å². The maximum atomic E-state index is 11.8. The lowest BCUT2D eigenvalue weighted by Gasteiger charge is -2.18. The number of nitrogens with one attached hydrogen (secondary N) is 1. The van der Waals surface area contributed by atoms with Crippen molar-refractivity contribution in [2.75, 3.05) is 13.2 Å². The Hall–Kier alpha value is -3.26. The Morgan fingerprint density at radius 2 is 1.93 bits per heavy atom. The predicted molar refractivity (Wildman–Crippen MR) is 97.2 cm³/mol. The number of H-pyrrole nitrogens is 1. The van der Waals surface area contributed by atoms with Gasteiger partial charge in [-0.1, -0.05) is 18.2 Å². The van der Waals surface area contributed by atoms with Crippen LogP contribution in [0.15, 0.2) is 47.3 Å². The number of carboxylic acids is 1. The van der Waals surface area contributed by atoms with Crippen LogP contribution in [-0.2, 0) is 4.74 Å². The standard InChI is InChI=1S/C19H18N4O4/c24-16-7-3-5-14(20-16)18-21-17(12-8-10-27-11-9-12)22-23(18)15-6-2-1-4-13(15)19(25)26/h1-7,12H,8-11H2,(H,20,24)(H,25,26). The predicted octanol–water partition coefficient (Wildman–Crippen LogP) is 2.21. The lowest BCUT2D eigenvalue weighted by molar-refractivity contribution is 0.0696. The first-order chi connectivity index (χ1) is 13.1. The molecule has 1 aromatic carbocycles. The Bertz CT molecular complexity index is 1030. The Balaban J connectivity index is 1.90. The van der Waals surface area contributed by atoms with Crippen molar-refractivity contribution in [3.63, 3.8) is 0 Å². The van der Waals surface area contributed by atoms with Gasteiger partial charge in [0, 0.05) is 25.2 Å². The SMILES string of the molecule is O=C(O)c1ccccc1-n1nc(C2CCOCC2)nc1-c1cccc(=O)[nH]1. The topological polar surface area (TPSA) is 110 Å². The zero-order valence-corrected chi connectivity index (χ0v) is 14.5. The van der Waals surface area contributed by atoms with E-state index < -0.39 is 5.97 Å². The summed E-state index contributed by atoms with van der Waals surface area (Å²) in [6.45, 7) is 1.28. The van der Waals surface area contributed by atoms with Crippen LogP contribution in [0, 0.1) is 0 Å². The van der Waals surface area contributed by atoms with Gasteiger partial charge in [-0.05, 0) is 31.0 Å². The fraction of sp³-hybridized carbons (Fsp3) is 0.263. The summed E-state index contributed by atoms with van der Waals surface area (Å²) in [5, 5.41) is 14.2. The van der Waals surface area contributed by atoms with Gasteiger partial charge in [-0.25, -0.2) is 14.5 Å². The number of aromatic amines is 1. The second-order valence-electron chi connectivity index (χ2n) is 6.34. The molecule has 0 aliphatic carbocycles. The zero-order chi connectivity index (χ0) is 18.8. The van der Waals surface area contributed by atoms with E-state index in [4.69, 9.17) is 4.74 Å². The molecule has 0 amide bonds. The van der Waals surface area contributed by atoms with Gasteiger partial charge in [0.1, 0.15) is 0 Å². The number of nitrogens with zero attached hydrogens (tertiary/aromatic N) is 3. The molecule has 8 heteroatoms. The van der Waals surface area contributed by atoms with Crippen LogP contribution in [0.1, 0.15) is 34.9 Å². The fourth-order valence-electron chi connectivity index (χ4n) is 3.22. The number of carboxylic acid groups (broad SMARTS) is 1. The molecule has 2 aromatic heterocycles. The van der Waals surface area contributed by atoms with Crippen LogP contribution < -0.4 is 5.56 Å². The first kappa shape index (κ1) is 17.2. The van der Waals surface area contributed by atoms with Crippen LogP contribution in [0.2, 0.25) is 0 Å². The van der Waals surface area contributed by atoms with E-state index in [-0.39, 0.29) is 17.0 Å². The lowest BCUT2D eigenvalue weighted by atomic mass is 10.00. The molecule has 138 valence electrons. The molecule has 2 N–H and O–H groups in total. The number of hydrogen-bond acceptors (Lipinski definition) is 5. The Morgan fingerprint density at radius 3 is 2.67 bits per heavy atom. The van der Waals surface area contributed by atoms with Gasteiger partial charge in [-0.2, -0.15) is 5.10 Å². The highest BCUT2D eigenvalue weighted by Crippen LogP contribution is 2.28. The van der Waals surface area contributed by atoms with Crippen LogP contribution in [0.4, 0.5) is 0 Å². The Morgan fingerprint density at radius 1 is 1.15 bits per heavy atom. The van der Waals surface area contributed by atoms with Gasteiger partial charge >= 0.3 is 5.97 Å². The quantitative estimate of drug-likeness (QED) is 0.732. The summed E-state index contributed by atoms with van der Waals surface area (Å²) in [7, 11) is 0. The highest BCUT2D eigenvalue weighted by molar-refractivity contribution is 5.92. The molecule has 3 aromatic rings. The van der Waals surface area contributed by atoms with Crippen LogP contribution in [-0.4, -0.2) is 44.0 Å². The normalized spacial score (nSPS) is 15.0. The highest BCUT2D eigenvalue weighted by Gasteiger charge is 2.25. The van der Waals surface area contributed by atoms with Gasteiger partial charge in [-0.3, -0.25) is 4.79 Å². The second-order valence-corrected chi connectivity index (χ2v) is 6.34. The third-order valence-electron chi connectivity index (χ3n) is 4.58. The first-order valence-electron chi connectivity index (χ1n) is 8.70. The molecule has 1 saturated heterocycles. The molecular formula is C19H18N4O4. The molecule has 4 rings (SSSR count). The molecule has 0 bridgehead atoms. The van der Waals surface area contributed by atoms with Crippen molar-refractivity contribution in [2.45, 2.75) is 18.8 Å². The molecule has 1 aliphatic heterocycles. The first-order valence-corrected chi connectivity index (χ1v) is 8.70. The summed E-state index contributed by atoms with van der Waals surface area (Å²) in [6, 6.07) is 11.4. The smallest absolute Gasteiger partial charge is 0.337 e. The molecule has 3 heterocycles. The van der Waals surface area contributed by atoms with Gasteiger partial charge in [0.15, 0.2) is 11.6 Å². The summed E-state index contributed by atoms with van der Waals surface area (Å²) in [6.07, 6.45) is 1.60. The van der Waals surface area contributed by atoms with E-state index >= 15 is 0 Å². The molecule has 8 nitrogen and oxygen atoms in total. The highest BCUT2D eigenvalue weighted by atomic mass is 16.5. The van der Waals surface area contributed by atoms with Crippen molar-refractivity contribution in [2.24, 2.45) is 0 Å². The van der Waals surface area contributed by atoms with E-state index in [0.29, 0.717) is 36.2 Å². The number of ether oxygens (including phenoxy) is 1. The summed E-state index contributed by atoms with van der Waals surface area (Å²) in [4.78, 5) is 30.8.